The summed E-state index contributed by atoms with van der Waals surface area (Å²) in [6, 6.07) is 11.5. The predicted octanol–water partition coefficient (Wildman–Crippen LogP) is 3.12. The highest BCUT2D eigenvalue weighted by atomic mass is 32.2. The van der Waals surface area contributed by atoms with Crippen LogP contribution in [-0.2, 0) is 25.9 Å². The molecule has 0 atom stereocenters. The largest absolute Gasteiger partial charge is 0.457 e. The number of nitrogens with one attached hydrogen (secondary N) is 1. The molecule has 0 bridgehead atoms. The van der Waals surface area contributed by atoms with Gasteiger partial charge in [-0.25, -0.2) is 22.8 Å². The molecule has 0 aliphatic heterocycles. The van der Waals surface area contributed by atoms with E-state index in [2.05, 4.69) is 5.32 Å². The van der Waals surface area contributed by atoms with Crippen molar-refractivity contribution in [1.82, 2.24) is 0 Å². The van der Waals surface area contributed by atoms with Crippen molar-refractivity contribution in [3.8, 4) is 0 Å². The SMILES string of the molecule is CCOC(=O)Nc1ccc2c(COC(=O)c3ccccc3S(C)(=O)=O)cc(=O)oc2c1. The van der Waals surface area contributed by atoms with E-state index in [1.807, 2.05) is 0 Å². The Kier molecular flexibility index (Phi) is 6.40. The number of esters is 1. The number of rotatable bonds is 6. The van der Waals surface area contributed by atoms with Crippen molar-refractivity contribution in [3.05, 3.63) is 70.1 Å². The van der Waals surface area contributed by atoms with Gasteiger partial charge in [0.25, 0.3) is 0 Å². The van der Waals surface area contributed by atoms with Gasteiger partial charge in [-0.05, 0) is 31.2 Å². The second-order valence-electron chi connectivity index (χ2n) is 6.49. The quantitative estimate of drug-likeness (QED) is 0.453. The second-order valence-corrected chi connectivity index (χ2v) is 8.48. The van der Waals surface area contributed by atoms with Gasteiger partial charge in [0.1, 0.15) is 12.2 Å². The minimum atomic E-state index is -3.63. The fourth-order valence-electron chi connectivity index (χ4n) is 2.89. The molecule has 1 N–H and O–H groups in total. The molecule has 162 valence electrons. The van der Waals surface area contributed by atoms with Crippen LogP contribution < -0.4 is 10.9 Å². The molecule has 1 heterocycles. The number of amides is 1. The van der Waals surface area contributed by atoms with Crippen LogP contribution in [0, 0.1) is 0 Å². The number of benzene rings is 2. The minimum absolute atomic E-state index is 0.0989. The van der Waals surface area contributed by atoms with Crippen LogP contribution in [-0.4, -0.2) is 33.3 Å². The van der Waals surface area contributed by atoms with Gasteiger partial charge in [0, 0.05) is 35.0 Å². The monoisotopic (exact) mass is 445 g/mol. The molecule has 1 aromatic heterocycles. The first kappa shape index (κ1) is 22.0. The molecule has 0 aliphatic rings. The molecule has 0 saturated carbocycles. The number of carbonyl (C=O) groups is 2. The van der Waals surface area contributed by atoms with Gasteiger partial charge in [-0.15, -0.1) is 0 Å². The number of sulfone groups is 1. The van der Waals surface area contributed by atoms with Crippen LogP contribution >= 0.6 is 0 Å². The third-order valence-corrected chi connectivity index (χ3v) is 5.37. The first-order valence-electron chi connectivity index (χ1n) is 9.16. The summed E-state index contributed by atoms with van der Waals surface area (Å²) < 4.78 is 39.0. The highest BCUT2D eigenvalue weighted by Gasteiger charge is 2.20. The van der Waals surface area contributed by atoms with Crippen molar-refractivity contribution >= 4 is 38.6 Å². The molecule has 10 heteroatoms. The molecular weight excluding hydrogens is 426 g/mol. The fraction of sp³-hybridized carbons (Fsp3) is 0.190. The topological polar surface area (TPSA) is 129 Å². The van der Waals surface area contributed by atoms with Gasteiger partial charge in [-0.1, -0.05) is 12.1 Å². The molecule has 0 fully saturated rings. The molecule has 31 heavy (non-hydrogen) atoms. The highest BCUT2D eigenvalue weighted by Crippen LogP contribution is 2.23. The number of hydrogen-bond donors (Lipinski definition) is 1. The third-order valence-electron chi connectivity index (χ3n) is 4.22. The summed E-state index contributed by atoms with van der Waals surface area (Å²) in [5, 5.41) is 2.98. The minimum Gasteiger partial charge on any atom is -0.457 e. The Morgan fingerprint density at radius 3 is 2.52 bits per heavy atom. The first-order valence-corrected chi connectivity index (χ1v) is 11.0. The number of hydrogen-bond acceptors (Lipinski definition) is 8. The maximum Gasteiger partial charge on any atom is 0.411 e. The van der Waals surface area contributed by atoms with E-state index in [-0.39, 0.29) is 29.3 Å². The molecule has 3 aromatic rings. The lowest BCUT2D eigenvalue weighted by atomic mass is 10.1. The molecule has 0 aliphatic carbocycles. The van der Waals surface area contributed by atoms with Crippen molar-refractivity contribution in [2.75, 3.05) is 18.2 Å². The maximum absolute atomic E-state index is 12.5. The van der Waals surface area contributed by atoms with E-state index in [0.29, 0.717) is 16.6 Å². The number of carbonyl (C=O) groups excluding carboxylic acids is 2. The molecule has 0 spiro atoms. The molecular formula is C21H19NO8S. The second kappa shape index (κ2) is 9.00. The lowest BCUT2D eigenvalue weighted by Crippen LogP contribution is -2.13. The predicted molar refractivity (Wildman–Crippen MR) is 112 cm³/mol. The Balaban J connectivity index is 1.86. The first-order chi connectivity index (χ1) is 14.7. The van der Waals surface area contributed by atoms with Crippen molar-refractivity contribution in [2.24, 2.45) is 0 Å². The van der Waals surface area contributed by atoms with Gasteiger partial charge in [-0.2, -0.15) is 0 Å². The Morgan fingerprint density at radius 1 is 1.06 bits per heavy atom. The average Bonchev–Trinajstić information content (AvgIpc) is 2.71. The Morgan fingerprint density at radius 2 is 1.81 bits per heavy atom. The van der Waals surface area contributed by atoms with Crippen molar-refractivity contribution in [2.45, 2.75) is 18.4 Å². The molecule has 3 rings (SSSR count). The van der Waals surface area contributed by atoms with E-state index in [0.717, 1.165) is 6.26 Å². The van der Waals surface area contributed by atoms with E-state index >= 15 is 0 Å². The van der Waals surface area contributed by atoms with Crippen LogP contribution in [0.3, 0.4) is 0 Å². The zero-order chi connectivity index (χ0) is 22.6. The lowest BCUT2D eigenvalue weighted by Gasteiger charge is -2.10. The van der Waals surface area contributed by atoms with Crippen LogP contribution in [0.1, 0.15) is 22.8 Å². The average molecular weight is 445 g/mol. The molecule has 2 aromatic carbocycles. The van der Waals surface area contributed by atoms with Gasteiger partial charge in [0.15, 0.2) is 9.84 Å². The van der Waals surface area contributed by atoms with Crippen LogP contribution in [0.25, 0.3) is 11.0 Å². The van der Waals surface area contributed by atoms with Crippen LogP contribution in [0.4, 0.5) is 10.5 Å². The van der Waals surface area contributed by atoms with E-state index < -0.39 is 27.5 Å². The summed E-state index contributed by atoms with van der Waals surface area (Å²) in [5.74, 6) is -0.844. The van der Waals surface area contributed by atoms with Crippen LogP contribution in [0.15, 0.2) is 62.6 Å². The molecule has 9 nitrogen and oxygen atoms in total. The van der Waals surface area contributed by atoms with Crippen LogP contribution in [0.5, 0.6) is 0 Å². The Hall–Kier alpha value is -3.66. The standard InChI is InChI=1S/C21H19NO8S/c1-3-28-21(25)22-14-8-9-15-13(10-19(23)30-17(15)11-14)12-29-20(24)16-6-4-5-7-18(16)31(2,26)27/h4-11H,3,12H2,1-2H3,(H,22,25). The van der Waals surface area contributed by atoms with E-state index in [9.17, 15) is 22.8 Å². The fourth-order valence-corrected chi connectivity index (χ4v) is 3.77. The number of anilines is 1. The van der Waals surface area contributed by atoms with Crippen LogP contribution in [0.2, 0.25) is 0 Å². The summed E-state index contributed by atoms with van der Waals surface area (Å²) in [4.78, 5) is 35.9. The lowest BCUT2D eigenvalue weighted by molar-refractivity contribution is 0.0469. The van der Waals surface area contributed by atoms with Gasteiger partial charge in [0.05, 0.1) is 17.1 Å². The van der Waals surface area contributed by atoms with Crippen molar-refractivity contribution in [1.29, 1.82) is 0 Å². The van der Waals surface area contributed by atoms with Gasteiger partial charge < -0.3 is 13.9 Å². The van der Waals surface area contributed by atoms with Gasteiger partial charge in [0.2, 0.25) is 0 Å². The van der Waals surface area contributed by atoms with E-state index in [1.54, 1.807) is 19.1 Å². The zero-order valence-electron chi connectivity index (χ0n) is 16.7. The van der Waals surface area contributed by atoms with Gasteiger partial charge in [-0.3, -0.25) is 5.32 Å². The Labute approximate surface area is 177 Å². The van der Waals surface area contributed by atoms with Gasteiger partial charge >= 0.3 is 17.7 Å². The summed E-state index contributed by atoms with van der Waals surface area (Å²) in [6.07, 6.45) is 0.343. The van der Waals surface area contributed by atoms with Crippen molar-refractivity contribution < 1.29 is 31.9 Å². The molecule has 0 radical (unpaired) electrons. The Bertz CT molecular complexity index is 1310. The normalized spacial score (nSPS) is 11.2. The van der Waals surface area contributed by atoms with E-state index in [1.165, 1.54) is 36.4 Å². The number of fused-ring (bicyclic) bond motifs is 1. The summed E-state index contributed by atoms with van der Waals surface area (Å²) in [6.45, 7) is 1.58. The summed E-state index contributed by atoms with van der Waals surface area (Å²) in [5.41, 5.74) is 0.107. The molecule has 0 unspecified atom stereocenters. The third kappa shape index (κ3) is 5.28. The number of ether oxygens (including phenoxy) is 2. The summed E-state index contributed by atoms with van der Waals surface area (Å²) >= 11 is 0. The molecule has 0 saturated heterocycles. The van der Waals surface area contributed by atoms with E-state index in [4.69, 9.17) is 13.9 Å². The summed E-state index contributed by atoms with van der Waals surface area (Å²) in [7, 11) is -3.63. The maximum atomic E-state index is 12.5. The highest BCUT2D eigenvalue weighted by molar-refractivity contribution is 7.90. The zero-order valence-corrected chi connectivity index (χ0v) is 17.5. The molecule has 1 amide bonds. The smallest absolute Gasteiger partial charge is 0.411 e. The van der Waals surface area contributed by atoms with Crippen molar-refractivity contribution in [3.63, 3.8) is 0 Å².